The van der Waals surface area contributed by atoms with Crippen LogP contribution in [0.2, 0.25) is 0 Å². The molecule has 0 aromatic heterocycles. The highest BCUT2D eigenvalue weighted by atomic mass is 19.4. The van der Waals surface area contributed by atoms with Crippen molar-refractivity contribution in [3.63, 3.8) is 0 Å². The Kier molecular flexibility index (Phi) is 5.32. The zero-order valence-corrected chi connectivity index (χ0v) is 9.39. The number of aliphatic hydroxyl groups is 1. The lowest BCUT2D eigenvalue weighted by Crippen LogP contribution is -2.16. The number of hydrogen-bond acceptors (Lipinski definition) is 1. The van der Waals surface area contributed by atoms with Crippen LogP contribution in [0.25, 0.3) is 0 Å². The molecule has 0 aromatic rings. The van der Waals surface area contributed by atoms with Crippen molar-refractivity contribution in [3.8, 4) is 0 Å². The van der Waals surface area contributed by atoms with Gasteiger partial charge in [0.25, 0.3) is 0 Å². The van der Waals surface area contributed by atoms with E-state index in [2.05, 4.69) is 0 Å². The standard InChI is InChI=1S/C12H19F3O/c13-12(14,15)9-8-11(16)10-6-4-2-1-3-5-7-10/h6,11,16H,1-5,7-9H2. The van der Waals surface area contributed by atoms with Gasteiger partial charge in [0.15, 0.2) is 0 Å². The topological polar surface area (TPSA) is 20.2 Å². The van der Waals surface area contributed by atoms with Crippen LogP contribution < -0.4 is 0 Å². The summed E-state index contributed by atoms with van der Waals surface area (Å²) in [6.07, 6.45) is 1.76. The number of allylic oxidation sites excluding steroid dienone is 1. The summed E-state index contributed by atoms with van der Waals surface area (Å²) in [6, 6.07) is 0. The Labute approximate surface area is 94.3 Å². The Morgan fingerprint density at radius 2 is 1.88 bits per heavy atom. The molecule has 1 aliphatic carbocycles. The van der Waals surface area contributed by atoms with Crippen LogP contribution in [-0.2, 0) is 0 Å². The van der Waals surface area contributed by atoms with E-state index in [9.17, 15) is 18.3 Å². The van der Waals surface area contributed by atoms with Gasteiger partial charge in [-0.3, -0.25) is 0 Å². The van der Waals surface area contributed by atoms with Gasteiger partial charge in [0.2, 0.25) is 0 Å². The second-order valence-electron chi connectivity index (χ2n) is 4.40. The Balaban J connectivity index is 2.41. The fourth-order valence-corrected chi connectivity index (χ4v) is 2.00. The third kappa shape index (κ3) is 5.54. The van der Waals surface area contributed by atoms with E-state index >= 15 is 0 Å². The molecule has 0 fully saturated rings. The molecule has 16 heavy (non-hydrogen) atoms. The predicted octanol–water partition coefficient (Wildman–Crippen LogP) is 3.97. The average molecular weight is 236 g/mol. The van der Waals surface area contributed by atoms with Gasteiger partial charge in [-0.15, -0.1) is 0 Å². The predicted molar refractivity (Wildman–Crippen MR) is 57.1 cm³/mol. The summed E-state index contributed by atoms with van der Waals surface area (Å²) < 4.78 is 36.0. The van der Waals surface area contributed by atoms with Crippen LogP contribution in [-0.4, -0.2) is 17.4 Å². The van der Waals surface area contributed by atoms with Gasteiger partial charge in [-0.05, 0) is 37.7 Å². The van der Waals surface area contributed by atoms with Crippen molar-refractivity contribution in [2.45, 2.75) is 63.6 Å². The first kappa shape index (κ1) is 13.6. The molecule has 1 atom stereocenters. The Hall–Kier alpha value is -0.510. The number of halogens is 3. The summed E-state index contributed by atoms with van der Waals surface area (Å²) in [6.45, 7) is 0. The van der Waals surface area contributed by atoms with Gasteiger partial charge in [0, 0.05) is 6.42 Å². The molecule has 1 aliphatic rings. The minimum Gasteiger partial charge on any atom is -0.389 e. The van der Waals surface area contributed by atoms with E-state index in [4.69, 9.17) is 0 Å². The molecular formula is C12H19F3O. The summed E-state index contributed by atoms with van der Waals surface area (Å²) in [7, 11) is 0. The molecule has 1 N–H and O–H groups in total. The Bertz CT molecular complexity index is 233. The molecule has 1 nitrogen and oxygen atoms in total. The van der Waals surface area contributed by atoms with Crippen LogP contribution in [0.1, 0.15) is 51.4 Å². The van der Waals surface area contributed by atoms with Gasteiger partial charge < -0.3 is 5.11 Å². The van der Waals surface area contributed by atoms with Gasteiger partial charge >= 0.3 is 6.18 Å². The highest BCUT2D eigenvalue weighted by Gasteiger charge is 2.28. The van der Waals surface area contributed by atoms with Crippen LogP contribution in [0.5, 0.6) is 0 Å². The maximum Gasteiger partial charge on any atom is 0.389 e. The van der Waals surface area contributed by atoms with Crippen molar-refractivity contribution in [3.05, 3.63) is 11.6 Å². The van der Waals surface area contributed by atoms with Crippen molar-refractivity contribution in [2.75, 3.05) is 0 Å². The zero-order valence-electron chi connectivity index (χ0n) is 9.39. The van der Waals surface area contributed by atoms with Gasteiger partial charge in [-0.25, -0.2) is 0 Å². The van der Waals surface area contributed by atoms with Crippen molar-refractivity contribution < 1.29 is 18.3 Å². The van der Waals surface area contributed by atoms with Gasteiger partial charge in [0.1, 0.15) is 0 Å². The number of hydrogen-bond donors (Lipinski definition) is 1. The molecule has 0 amide bonds. The minimum absolute atomic E-state index is 0.199. The first-order valence-corrected chi connectivity index (χ1v) is 5.93. The quantitative estimate of drug-likeness (QED) is 0.735. The van der Waals surface area contributed by atoms with Gasteiger partial charge in [-0.1, -0.05) is 18.9 Å². The van der Waals surface area contributed by atoms with E-state index in [0.29, 0.717) is 0 Å². The molecule has 1 rings (SSSR count). The van der Waals surface area contributed by atoms with E-state index < -0.39 is 18.7 Å². The van der Waals surface area contributed by atoms with E-state index in [-0.39, 0.29) is 6.42 Å². The smallest absolute Gasteiger partial charge is 0.389 e. The number of rotatable bonds is 3. The summed E-state index contributed by atoms with van der Waals surface area (Å²) in [5, 5.41) is 9.69. The largest absolute Gasteiger partial charge is 0.389 e. The van der Waals surface area contributed by atoms with E-state index in [1.807, 2.05) is 6.08 Å². The summed E-state index contributed by atoms with van der Waals surface area (Å²) in [5.41, 5.74) is 0.809. The van der Waals surface area contributed by atoms with E-state index in [1.165, 1.54) is 6.42 Å². The molecule has 1 unspecified atom stereocenters. The number of aliphatic hydroxyl groups excluding tert-OH is 1. The monoisotopic (exact) mass is 236 g/mol. The van der Waals surface area contributed by atoms with Crippen molar-refractivity contribution in [1.29, 1.82) is 0 Å². The van der Waals surface area contributed by atoms with Crippen LogP contribution in [0.3, 0.4) is 0 Å². The summed E-state index contributed by atoms with van der Waals surface area (Å²) in [4.78, 5) is 0. The molecule has 0 saturated heterocycles. The Morgan fingerprint density at radius 3 is 2.56 bits per heavy atom. The average Bonchev–Trinajstić information content (AvgIpc) is 2.12. The fraction of sp³-hybridized carbons (Fsp3) is 0.833. The Morgan fingerprint density at radius 1 is 1.19 bits per heavy atom. The summed E-state index contributed by atoms with van der Waals surface area (Å²) >= 11 is 0. The van der Waals surface area contributed by atoms with Crippen molar-refractivity contribution in [1.82, 2.24) is 0 Å². The first-order chi connectivity index (χ1) is 7.49. The lowest BCUT2D eigenvalue weighted by atomic mass is 9.94. The summed E-state index contributed by atoms with van der Waals surface area (Å²) in [5.74, 6) is 0. The van der Waals surface area contributed by atoms with E-state index in [0.717, 1.165) is 37.7 Å². The third-order valence-corrected chi connectivity index (χ3v) is 2.96. The van der Waals surface area contributed by atoms with Crippen LogP contribution in [0.4, 0.5) is 13.2 Å². The van der Waals surface area contributed by atoms with Gasteiger partial charge in [-0.2, -0.15) is 13.2 Å². The van der Waals surface area contributed by atoms with Crippen molar-refractivity contribution >= 4 is 0 Å². The lowest BCUT2D eigenvalue weighted by Gasteiger charge is -2.18. The molecule has 0 bridgehead atoms. The first-order valence-electron chi connectivity index (χ1n) is 5.93. The molecule has 4 heteroatoms. The second-order valence-corrected chi connectivity index (χ2v) is 4.40. The maximum absolute atomic E-state index is 12.0. The fourth-order valence-electron chi connectivity index (χ4n) is 2.00. The molecule has 0 aliphatic heterocycles. The number of alkyl halides is 3. The third-order valence-electron chi connectivity index (χ3n) is 2.96. The highest BCUT2D eigenvalue weighted by Crippen LogP contribution is 2.26. The molecule has 0 spiro atoms. The maximum atomic E-state index is 12.0. The molecular weight excluding hydrogens is 217 g/mol. The lowest BCUT2D eigenvalue weighted by molar-refractivity contribution is -0.139. The van der Waals surface area contributed by atoms with Crippen LogP contribution >= 0.6 is 0 Å². The van der Waals surface area contributed by atoms with Gasteiger partial charge in [0.05, 0.1) is 6.10 Å². The SMILES string of the molecule is OC(CCC(F)(F)F)C1=CCCCCCC1. The second kappa shape index (κ2) is 6.28. The zero-order chi connectivity index (χ0) is 12.0. The molecule has 0 radical (unpaired) electrons. The normalized spacial score (nSPS) is 20.9. The molecule has 0 saturated carbocycles. The molecule has 0 aromatic carbocycles. The molecule has 94 valence electrons. The van der Waals surface area contributed by atoms with Crippen LogP contribution in [0.15, 0.2) is 11.6 Å². The minimum atomic E-state index is -4.16. The molecule has 0 heterocycles. The van der Waals surface area contributed by atoms with E-state index in [1.54, 1.807) is 0 Å². The van der Waals surface area contributed by atoms with Crippen molar-refractivity contribution in [2.24, 2.45) is 0 Å². The van der Waals surface area contributed by atoms with Crippen LogP contribution in [0, 0.1) is 0 Å². The highest BCUT2D eigenvalue weighted by molar-refractivity contribution is 5.08.